The molecule has 0 aliphatic heterocycles. The van der Waals surface area contributed by atoms with Gasteiger partial charge in [0, 0.05) is 6.92 Å². The van der Waals surface area contributed by atoms with Crippen LogP contribution in [-0.4, -0.2) is 28.8 Å². The van der Waals surface area contributed by atoms with E-state index in [9.17, 15) is 9.90 Å². The number of hydrogen-bond donors (Lipinski definition) is 1. The minimum atomic E-state index is -1.71. The van der Waals surface area contributed by atoms with Crippen molar-refractivity contribution in [2.24, 2.45) is 0 Å². The second-order valence-electron chi connectivity index (χ2n) is 2.96. The van der Waals surface area contributed by atoms with E-state index in [0.717, 1.165) is 0 Å². The first-order valence-corrected chi connectivity index (χ1v) is 5.80. The average molecular weight is 342 g/mol. The normalized spacial score (nSPS) is 30.3. The predicted octanol–water partition coefficient (Wildman–Crippen LogP) is 1.82. The number of aliphatic hydroxyl groups is 1. The summed E-state index contributed by atoms with van der Waals surface area (Å²) in [5, 5.41) is 10.1. The van der Waals surface area contributed by atoms with Crippen LogP contribution in [0.25, 0.3) is 0 Å². The lowest BCUT2D eigenvalue weighted by atomic mass is 10.1. The molecule has 0 spiro atoms. The molecule has 1 rings (SSSR count). The lowest BCUT2D eigenvalue weighted by Gasteiger charge is -2.32. The Hall–Kier alpha value is -0.330. The summed E-state index contributed by atoms with van der Waals surface area (Å²) in [7, 11) is 1.51. The van der Waals surface area contributed by atoms with Gasteiger partial charge in [0.25, 0.3) is 5.79 Å². The highest BCUT2D eigenvalue weighted by Crippen LogP contribution is 2.37. The number of esters is 1. The van der Waals surface area contributed by atoms with Crippen LogP contribution < -0.4 is 0 Å². The number of hydrogen-bond acceptors (Lipinski definition) is 4. The molecule has 6 heteroatoms. The molecule has 0 aromatic heterocycles. The molecule has 0 saturated heterocycles. The van der Waals surface area contributed by atoms with Gasteiger partial charge < -0.3 is 14.6 Å². The topological polar surface area (TPSA) is 55.8 Å². The second kappa shape index (κ2) is 4.67. The van der Waals surface area contributed by atoms with Crippen molar-refractivity contribution in [3.05, 3.63) is 22.4 Å². The molecule has 15 heavy (non-hydrogen) atoms. The molecule has 1 aliphatic rings. The molecule has 84 valence electrons. The number of carbonyl (C=O) groups excluding carboxylic acids is 1. The van der Waals surface area contributed by atoms with Gasteiger partial charge in [-0.25, -0.2) is 0 Å². The van der Waals surface area contributed by atoms with E-state index in [2.05, 4.69) is 31.9 Å². The standard InChI is InChI=1S/C9H10Br2O4/c1-5(12)15-9(13)7(10)3-6(14-2)4-8(9)11/h3-4,7,13H,1-2H3. The number of halogens is 2. The molecule has 0 fully saturated rings. The van der Waals surface area contributed by atoms with Gasteiger partial charge in [-0.2, -0.15) is 0 Å². The third-order valence-corrected chi connectivity index (χ3v) is 3.51. The van der Waals surface area contributed by atoms with Crippen LogP contribution in [0.5, 0.6) is 0 Å². The van der Waals surface area contributed by atoms with Gasteiger partial charge in [0.1, 0.15) is 10.6 Å². The van der Waals surface area contributed by atoms with E-state index in [4.69, 9.17) is 9.47 Å². The lowest BCUT2D eigenvalue weighted by Crippen LogP contribution is -2.44. The van der Waals surface area contributed by atoms with Crippen LogP contribution in [0.15, 0.2) is 22.4 Å². The van der Waals surface area contributed by atoms with Crippen molar-refractivity contribution in [1.82, 2.24) is 0 Å². The van der Waals surface area contributed by atoms with Crippen LogP contribution in [-0.2, 0) is 14.3 Å². The zero-order valence-electron chi connectivity index (χ0n) is 8.16. The molecule has 2 unspecified atom stereocenters. The first-order chi connectivity index (χ1) is 6.90. The Balaban J connectivity index is 2.99. The molecule has 0 heterocycles. The predicted molar refractivity (Wildman–Crippen MR) is 61.5 cm³/mol. The van der Waals surface area contributed by atoms with Gasteiger partial charge >= 0.3 is 5.97 Å². The minimum absolute atomic E-state index is 0.325. The zero-order valence-corrected chi connectivity index (χ0v) is 11.3. The molecular weight excluding hydrogens is 332 g/mol. The summed E-state index contributed by atoms with van der Waals surface area (Å²) in [5.74, 6) is -1.71. The maximum absolute atomic E-state index is 10.9. The Kier molecular flexibility index (Phi) is 3.97. The van der Waals surface area contributed by atoms with Crippen molar-refractivity contribution >= 4 is 37.8 Å². The number of allylic oxidation sites excluding steroid dienone is 1. The van der Waals surface area contributed by atoms with Gasteiger partial charge in [0.2, 0.25) is 0 Å². The Morgan fingerprint density at radius 2 is 2.27 bits per heavy atom. The SMILES string of the molecule is COC1=CC(Br)C(O)(OC(C)=O)C(Br)=C1. The van der Waals surface area contributed by atoms with Crippen LogP contribution in [0.1, 0.15) is 6.92 Å². The van der Waals surface area contributed by atoms with Crippen LogP contribution >= 0.6 is 31.9 Å². The van der Waals surface area contributed by atoms with Gasteiger partial charge in [-0.3, -0.25) is 4.79 Å². The van der Waals surface area contributed by atoms with Crippen LogP contribution in [0.3, 0.4) is 0 Å². The molecule has 0 bridgehead atoms. The Labute approximate surface area is 104 Å². The highest BCUT2D eigenvalue weighted by atomic mass is 79.9. The number of rotatable bonds is 2. The third kappa shape index (κ3) is 2.62. The highest BCUT2D eigenvalue weighted by Gasteiger charge is 2.43. The largest absolute Gasteiger partial charge is 0.497 e. The van der Waals surface area contributed by atoms with Crippen molar-refractivity contribution in [1.29, 1.82) is 0 Å². The van der Waals surface area contributed by atoms with Crippen molar-refractivity contribution in [2.45, 2.75) is 17.5 Å². The summed E-state index contributed by atoms with van der Waals surface area (Å²) in [6, 6.07) is 0. The maximum atomic E-state index is 10.9. The van der Waals surface area contributed by atoms with E-state index < -0.39 is 16.6 Å². The summed E-state index contributed by atoms with van der Waals surface area (Å²) in [5.41, 5.74) is 0. The molecule has 0 saturated carbocycles. The quantitative estimate of drug-likeness (QED) is 0.473. The number of alkyl halides is 1. The van der Waals surface area contributed by atoms with Gasteiger partial charge in [0.15, 0.2) is 0 Å². The number of ether oxygens (including phenoxy) is 2. The van der Waals surface area contributed by atoms with Crippen molar-refractivity contribution in [3.8, 4) is 0 Å². The van der Waals surface area contributed by atoms with Crippen LogP contribution in [0.2, 0.25) is 0 Å². The molecule has 1 N–H and O–H groups in total. The summed E-state index contributed by atoms with van der Waals surface area (Å²) >= 11 is 6.35. The molecular formula is C9H10Br2O4. The fourth-order valence-corrected chi connectivity index (χ4v) is 2.58. The molecule has 2 atom stereocenters. The average Bonchev–Trinajstić information content (AvgIpc) is 2.13. The summed E-state index contributed by atoms with van der Waals surface area (Å²) in [4.78, 5) is 10.3. The fourth-order valence-electron chi connectivity index (χ4n) is 1.12. The zero-order chi connectivity index (χ0) is 11.6. The van der Waals surface area contributed by atoms with Crippen molar-refractivity contribution in [3.63, 3.8) is 0 Å². The first-order valence-electron chi connectivity index (χ1n) is 4.09. The summed E-state index contributed by atoms with van der Waals surface area (Å²) in [6.45, 7) is 1.23. The van der Waals surface area contributed by atoms with Gasteiger partial charge in [-0.15, -0.1) is 0 Å². The van der Waals surface area contributed by atoms with E-state index >= 15 is 0 Å². The van der Waals surface area contributed by atoms with Crippen molar-refractivity contribution < 1.29 is 19.4 Å². The molecule has 4 nitrogen and oxygen atoms in total. The van der Waals surface area contributed by atoms with Gasteiger partial charge in [0.05, 0.1) is 11.6 Å². The molecule has 0 radical (unpaired) electrons. The fraction of sp³-hybridized carbons (Fsp3) is 0.444. The second-order valence-corrected chi connectivity index (χ2v) is 4.80. The Morgan fingerprint density at radius 3 is 2.67 bits per heavy atom. The van der Waals surface area contributed by atoms with E-state index in [1.165, 1.54) is 14.0 Å². The number of methoxy groups -OCH3 is 1. The van der Waals surface area contributed by atoms with E-state index in [-0.39, 0.29) is 0 Å². The molecule has 0 amide bonds. The Morgan fingerprint density at radius 1 is 1.67 bits per heavy atom. The Bertz CT molecular complexity index is 337. The van der Waals surface area contributed by atoms with Crippen LogP contribution in [0, 0.1) is 0 Å². The number of carbonyl (C=O) groups is 1. The lowest BCUT2D eigenvalue weighted by molar-refractivity contribution is -0.186. The molecule has 0 aromatic rings. The highest BCUT2D eigenvalue weighted by molar-refractivity contribution is 9.12. The third-order valence-electron chi connectivity index (χ3n) is 1.83. The van der Waals surface area contributed by atoms with Gasteiger partial charge in [-0.05, 0) is 28.1 Å². The summed E-state index contributed by atoms with van der Waals surface area (Å²) < 4.78 is 10.2. The maximum Gasteiger partial charge on any atom is 0.305 e. The van der Waals surface area contributed by atoms with Crippen molar-refractivity contribution in [2.75, 3.05) is 7.11 Å². The van der Waals surface area contributed by atoms with E-state index in [1.54, 1.807) is 12.2 Å². The monoisotopic (exact) mass is 340 g/mol. The molecule has 0 aromatic carbocycles. The molecule has 1 aliphatic carbocycles. The first kappa shape index (κ1) is 12.7. The van der Waals surface area contributed by atoms with Gasteiger partial charge in [-0.1, -0.05) is 15.9 Å². The summed E-state index contributed by atoms with van der Waals surface area (Å²) in [6.07, 6.45) is 3.15. The minimum Gasteiger partial charge on any atom is -0.497 e. The smallest absolute Gasteiger partial charge is 0.305 e. The van der Waals surface area contributed by atoms with E-state index in [1.807, 2.05) is 0 Å². The van der Waals surface area contributed by atoms with E-state index in [0.29, 0.717) is 10.2 Å². The van der Waals surface area contributed by atoms with Crippen LogP contribution in [0.4, 0.5) is 0 Å².